The summed E-state index contributed by atoms with van der Waals surface area (Å²) in [6.07, 6.45) is 0.770. The average Bonchev–Trinajstić information content (AvgIpc) is 2.72. The molecule has 15 heavy (non-hydrogen) atoms. The summed E-state index contributed by atoms with van der Waals surface area (Å²) in [4.78, 5) is 11.4. The summed E-state index contributed by atoms with van der Waals surface area (Å²) in [5.74, 6) is 0.601. The van der Waals surface area contributed by atoms with E-state index < -0.39 is 5.97 Å². The summed E-state index contributed by atoms with van der Waals surface area (Å²) < 4.78 is 15.2. The molecule has 0 aliphatic carbocycles. The Hall–Kier alpha value is -1.29. The van der Waals surface area contributed by atoms with Gasteiger partial charge in [-0.05, 0) is 19.1 Å². The lowest BCUT2D eigenvalue weighted by Crippen LogP contribution is -2.10. The zero-order valence-corrected chi connectivity index (χ0v) is 9.12. The van der Waals surface area contributed by atoms with E-state index in [0.29, 0.717) is 13.2 Å². The van der Waals surface area contributed by atoms with Gasteiger partial charge in [0.15, 0.2) is 0 Å². The molecular formula is C11H16O4. The maximum absolute atomic E-state index is 11.4. The maximum atomic E-state index is 11.4. The third-order valence-electron chi connectivity index (χ3n) is 1.88. The van der Waals surface area contributed by atoms with Gasteiger partial charge in [-0.15, -0.1) is 0 Å². The van der Waals surface area contributed by atoms with Crippen LogP contribution in [0.15, 0.2) is 16.5 Å². The van der Waals surface area contributed by atoms with E-state index >= 15 is 0 Å². The fourth-order valence-electron chi connectivity index (χ4n) is 1.09. The summed E-state index contributed by atoms with van der Waals surface area (Å²) >= 11 is 0. The fourth-order valence-corrected chi connectivity index (χ4v) is 1.09. The van der Waals surface area contributed by atoms with Crippen LogP contribution < -0.4 is 0 Å². The highest BCUT2D eigenvalue weighted by atomic mass is 16.6. The molecule has 0 spiro atoms. The van der Waals surface area contributed by atoms with Gasteiger partial charge < -0.3 is 13.9 Å². The lowest BCUT2D eigenvalue weighted by Gasteiger charge is -2.02. The number of ether oxygens (including phenoxy) is 2. The molecule has 1 heterocycles. The summed E-state index contributed by atoms with van der Waals surface area (Å²) in [6, 6.07) is 3.40. The molecule has 0 bridgehead atoms. The van der Waals surface area contributed by atoms with Crippen LogP contribution >= 0.6 is 0 Å². The Balaban J connectivity index is 2.33. The number of aryl methyl sites for hydroxylation is 1. The first-order valence-corrected chi connectivity index (χ1v) is 5.11. The van der Waals surface area contributed by atoms with E-state index in [4.69, 9.17) is 13.9 Å². The highest BCUT2D eigenvalue weighted by molar-refractivity contribution is 5.86. The molecule has 1 aromatic rings. The van der Waals surface area contributed by atoms with Gasteiger partial charge in [0.2, 0.25) is 5.76 Å². The Bertz CT molecular complexity index is 303. The van der Waals surface area contributed by atoms with E-state index in [1.54, 1.807) is 12.1 Å². The van der Waals surface area contributed by atoms with Gasteiger partial charge in [-0.3, -0.25) is 0 Å². The SMILES string of the molecule is CCOCCOC(=O)c1ccc(CC)o1. The van der Waals surface area contributed by atoms with Gasteiger partial charge in [-0.2, -0.15) is 0 Å². The molecule has 0 aliphatic rings. The van der Waals surface area contributed by atoms with Crippen LogP contribution in [0.5, 0.6) is 0 Å². The molecule has 0 unspecified atom stereocenters. The molecule has 1 rings (SSSR count). The summed E-state index contributed by atoms with van der Waals surface area (Å²) in [7, 11) is 0. The molecule has 0 N–H and O–H groups in total. The summed E-state index contributed by atoms with van der Waals surface area (Å²) in [5, 5.41) is 0. The number of furan rings is 1. The van der Waals surface area contributed by atoms with E-state index in [2.05, 4.69) is 0 Å². The molecule has 0 aromatic carbocycles. The van der Waals surface area contributed by atoms with Crippen molar-refractivity contribution in [3.8, 4) is 0 Å². The second-order valence-electron chi connectivity index (χ2n) is 2.95. The van der Waals surface area contributed by atoms with E-state index in [9.17, 15) is 4.79 Å². The molecule has 1 aromatic heterocycles. The van der Waals surface area contributed by atoms with Crippen molar-refractivity contribution in [1.29, 1.82) is 0 Å². The Morgan fingerprint density at radius 2 is 2.13 bits per heavy atom. The van der Waals surface area contributed by atoms with Crippen molar-refractivity contribution in [1.82, 2.24) is 0 Å². The lowest BCUT2D eigenvalue weighted by molar-refractivity contribution is 0.0303. The normalized spacial score (nSPS) is 10.3. The number of rotatable bonds is 6. The standard InChI is InChI=1S/C11H16O4/c1-3-9-5-6-10(15-9)11(12)14-8-7-13-4-2/h5-6H,3-4,7-8H2,1-2H3. The number of esters is 1. The smallest absolute Gasteiger partial charge is 0.374 e. The van der Waals surface area contributed by atoms with Crippen LogP contribution in [0.25, 0.3) is 0 Å². The van der Waals surface area contributed by atoms with Gasteiger partial charge in [0.05, 0.1) is 6.61 Å². The molecule has 0 radical (unpaired) electrons. The first kappa shape index (κ1) is 11.8. The molecule has 84 valence electrons. The quantitative estimate of drug-likeness (QED) is 0.534. The highest BCUT2D eigenvalue weighted by Gasteiger charge is 2.11. The molecule has 0 amide bonds. The Labute approximate surface area is 89.2 Å². The molecule has 4 heteroatoms. The topological polar surface area (TPSA) is 48.7 Å². The largest absolute Gasteiger partial charge is 0.457 e. The first-order valence-electron chi connectivity index (χ1n) is 5.11. The van der Waals surface area contributed by atoms with Crippen LogP contribution in [0, 0.1) is 0 Å². The molecule has 0 saturated carbocycles. The number of hydrogen-bond acceptors (Lipinski definition) is 4. The second-order valence-corrected chi connectivity index (χ2v) is 2.95. The predicted octanol–water partition coefficient (Wildman–Crippen LogP) is 2.04. The van der Waals surface area contributed by atoms with Crippen LogP contribution in [0.2, 0.25) is 0 Å². The van der Waals surface area contributed by atoms with Crippen molar-refractivity contribution in [2.75, 3.05) is 19.8 Å². The summed E-state index contributed by atoms with van der Waals surface area (Å²) in [5.41, 5.74) is 0. The average molecular weight is 212 g/mol. The Morgan fingerprint density at radius 3 is 2.73 bits per heavy atom. The van der Waals surface area contributed by atoms with Crippen molar-refractivity contribution in [2.24, 2.45) is 0 Å². The molecule has 4 nitrogen and oxygen atoms in total. The van der Waals surface area contributed by atoms with Gasteiger partial charge in [0, 0.05) is 13.0 Å². The van der Waals surface area contributed by atoms with Crippen LogP contribution in [0.3, 0.4) is 0 Å². The fraction of sp³-hybridized carbons (Fsp3) is 0.545. The minimum atomic E-state index is -0.436. The molecule has 0 fully saturated rings. The number of carbonyl (C=O) groups is 1. The molecular weight excluding hydrogens is 196 g/mol. The van der Waals surface area contributed by atoms with Gasteiger partial charge in [0.1, 0.15) is 12.4 Å². The van der Waals surface area contributed by atoms with E-state index in [0.717, 1.165) is 12.2 Å². The van der Waals surface area contributed by atoms with E-state index in [1.807, 2.05) is 13.8 Å². The zero-order valence-electron chi connectivity index (χ0n) is 9.12. The molecule has 0 atom stereocenters. The maximum Gasteiger partial charge on any atom is 0.374 e. The van der Waals surface area contributed by atoms with Gasteiger partial charge in [-0.25, -0.2) is 4.79 Å². The first-order chi connectivity index (χ1) is 7.27. The van der Waals surface area contributed by atoms with Crippen molar-refractivity contribution in [3.63, 3.8) is 0 Å². The molecule has 0 saturated heterocycles. The van der Waals surface area contributed by atoms with Crippen molar-refractivity contribution in [2.45, 2.75) is 20.3 Å². The lowest BCUT2D eigenvalue weighted by atomic mass is 10.3. The van der Waals surface area contributed by atoms with Crippen molar-refractivity contribution < 1.29 is 18.7 Å². The Kier molecular flexibility index (Phi) is 4.90. The zero-order chi connectivity index (χ0) is 11.1. The van der Waals surface area contributed by atoms with E-state index in [1.165, 1.54) is 0 Å². The third kappa shape index (κ3) is 3.75. The number of hydrogen-bond donors (Lipinski definition) is 0. The van der Waals surface area contributed by atoms with Crippen LogP contribution in [0.4, 0.5) is 0 Å². The van der Waals surface area contributed by atoms with Gasteiger partial charge in [0.25, 0.3) is 0 Å². The van der Waals surface area contributed by atoms with Crippen molar-refractivity contribution in [3.05, 3.63) is 23.7 Å². The van der Waals surface area contributed by atoms with Gasteiger partial charge >= 0.3 is 5.97 Å². The van der Waals surface area contributed by atoms with Crippen LogP contribution in [-0.2, 0) is 15.9 Å². The minimum absolute atomic E-state index is 0.253. The Morgan fingerprint density at radius 1 is 1.33 bits per heavy atom. The minimum Gasteiger partial charge on any atom is -0.457 e. The highest BCUT2D eigenvalue weighted by Crippen LogP contribution is 2.09. The summed E-state index contributed by atoms with van der Waals surface area (Å²) in [6.45, 7) is 5.15. The molecule has 0 aliphatic heterocycles. The van der Waals surface area contributed by atoms with E-state index in [-0.39, 0.29) is 12.4 Å². The van der Waals surface area contributed by atoms with Gasteiger partial charge in [-0.1, -0.05) is 6.92 Å². The third-order valence-corrected chi connectivity index (χ3v) is 1.88. The second kappa shape index (κ2) is 6.24. The monoisotopic (exact) mass is 212 g/mol. The van der Waals surface area contributed by atoms with Crippen LogP contribution in [-0.4, -0.2) is 25.8 Å². The van der Waals surface area contributed by atoms with Crippen LogP contribution in [0.1, 0.15) is 30.2 Å². The predicted molar refractivity (Wildman–Crippen MR) is 54.9 cm³/mol. The number of carbonyl (C=O) groups excluding carboxylic acids is 1. The van der Waals surface area contributed by atoms with Crippen molar-refractivity contribution >= 4 is 5.97 Å².